The van der Waals surface area contributed by atoms with Crippen LogP contribution in [0.3, 0.4) is 0 Å². The number of fused-ring (bicyclic) bond motifs is 1. The van der Waals surface area contributed by atoms with Crippen molar-refractivity contribution in [3.05, 3.63) is 17.2 Å². The highest BCUT2D eigenvalue weighted by Crippen LogP contribution is 2.29. The summed E-state index contributed by atoms with van der Waals surface area (Å²) in [6.07, 6.45) is -0.606. The van der Waals surface area contributed by atoms with E-state index in [0.717, 1.165) is 36.5 Å². The van der Waals surface area contributed by atoms with E-state index < -0.39 is 12.8 Å². The van der Waals surface area contributed by atoms with Gasteiger partial charge in [0.15, 0.2) is 0 Å². The highest BCUT2D eigenvalue weighted by atomic mass is 19.4. The van der Waals surface area contributed by atoms with E-state index in [1.165, 1.54) is 0 Å². The summed E-state index contributed by atoms with van der Waals surface area (Å²) in [5, 5.41) is 0. The van der Waals surface area contributed by atoms with Gasteiger partial charge in [0.25, 0.3) is 0 Å². The molecule has 1 heterocycles. The molecule has 0 saturated carbocycles. The van der Waals surface area contributed by atoms with E-state index in [1.807, 2.05) is 0 Å². The zero-order chi connectivity index (χ0) is 13.2. The number of hydrogen-bond acceptors (Lipinski definition) is 2. The van der Waals surface area contributed by atoms with E-state index >= 15 is 0 Å². The maximum atomic E-state index is 11.9. The third-order valence-corrected chi connectivity index (χ3v) is 3.14. The van der Waals surface area contributed by atoms with Crippen molar-refractivity contribution in [2.45, 2.75) is 44.7 Å². The Kier molecular flexibility index (Phi) is 3.94. The van der Waals surface area contributed by atoms with Crippen molar-refractivity contribution < 1.29 is 17.9 Å². The first-order valence-electron chi connectivity index (χ1n) is 6.18. The molecule has 18 heavy (non-hydrogen) atoms. The minimum Gasteiger partial charge on any atom is -0.372 e. The number of aromatic nitrogens is 2. The van der Waals surface area contributed by atoms with Gasteiger partial charge in [-0.25, -0.2) is 4.98 Å². The van der Waals surface area contributed by atoms with Crippen LogP contribution in [0.1, 0.15) is 42.9 Å². The molecular weight excluding hydrogens is 245 g/mol. The van der Waals surface area contributed by atoms with E-state index in [0.29, 0.717) is 12.3 Å². The van der Waals surface area contributed by atoms with E-state index in [4.69, 9.17) is 0 Å². The summed E-state index contributed by atoms with van der Waals surface area (Å²) in [6, 6.07) is 0. The molecule has 1 aromatic rings. The van der Waals surface area contributed by atoms with Crippen LogP contribution >= 0.6 is 0 Å². The zero-order valence-corrected chi connectivity index (χ0v) is 10.3. The Morgan fingerprint density at radius 3 is 2.89 bits per heavy atom. The maximum absolute atomic E-state index is 11.9. The number of halogens is 3. The van der Waals surface area contributed by atoms with Crippen LogP contribution in [0.2, 0.25) is 0 Å². The van der Waals surface area contributed by atoms with Crippen LogP contribution in [0.4, 0.5) is 13.2 Å². The first-order chi connectivity index (χ1) is 8.46. The molecule has 0 bridgehead atoms. The van der Waals surface area contributed by atoms with Crippen LogP contribution in [0.25, 0.3) is 0 Å². The molecular formula is C12H17F3N2O. The Hall–Kier alpha value is -1.04. The van der Waals surface area contributed by atoms with Gasteiger partial charge in [0.2, 0.25) is 0 Å². The molecule has 1 aliphatic carbocycles. The smallest absolute Gasteiger partial charge is 0.372 e. The Bertz CT molecular complexity index is 401. The molecule has 0 aliphatic heterocycles. The first kappa shape index (κ1) is 13.4. The lowest BCUT2D eigenvalue weighted by Crippen LogP contribution is -2.18. The van der Waals surface area contributed by atoms with Gasteiger partial charge >= 0.3 is 6.18 Å². The third-order valence-electron chi connectivity index (χ3n) is 3.14. The van der Waals surface area contributed by atoms with Crippen LogP contribution < -0.4 is 0 Å². The van der Waals surface area contributed by atoms with Crippen LogP contribution in [0, 0.1) is 0 Å². The number of hydrogen-bond donors (Lipinski definition) is 1. The largest absolute Gasteiger partial charge is 0.411 e. The molecule has 6 heteroatoms. The molecule has 1 aliphatic rings. The maximum Gasteiger partial charge on any atom is 0.411 e. The van der Waals surface area contributed by atoms with Crippen molar-refractivity contribution in [2.75, 3.05) is 13.2 Å². The number of aromatic amines is 1. The Labute approximate surface area is 104 Å². The normalized spacial score (nSPS) is 19.9. The van der Waals surface area contributed by atoms with Crippen molar-refractivity contribution in [2.24, 2.45) is 0 Å². The van der Waals surface area contributed by atoms with Gasteiger partial charge in [0.05, 0.1) is 12.3 Å². The molecule has 0 spiro atoms. The molecule has 0 amide bonds. The standard InChI is InChI=1S/C12H17F3N2O/c1-8-3-2-4-9-11(8)17-10(16-9)5-6-18-7-12(13,14)15/h8H,2-7H2,1H3,(H,16,17). The Morgan fingerprint density at radius 2 is 2.22 bits per heavy atom. The van der Waals surface area contributed by atoms with Gasteiger partial charge in [0, 0.05) is 18.0 Å². The second-order valence-corrected chi connectivity index (χ2v) is 4.76. The third kappa shape index (κ3) is 3.48. The number of nitrogens with one attached hydrogen (secondary N) is 1. The van der Waals surface area contributed by atoms with Crippen molar-refractivity contribution in [1.29, 1.82) is 0 Å². The molecule has 1 atom stereocenters. The Morgan fingerprint density at radius 1 is 1.44 bits per heavy atom. The van der Waals surface area contributed by atoms with Crippen LogP contribution in [0.5, 0.6) is 0 Å². The average molecular weight is 262 g/mol. The van der Waals surface area contributed by atoms with Gasteiger partial charge in [0.1, 0.15) is 12.4 Å². The van der Waals surface area contributed by atoms with Crippen molar-refractivity contribution >= 4 is 0 Å². The molecule has 1 N–H and O–H groups in total. The van der Waals surface area contributed by atoms with Crippen molar-refractivity contribution in [3.8, 4) is 0 Å². The van der Waals surface area contributed by atoms with Crippen molar-refractivity contribution in [1.82, 2.24) is 9.97 Å². The lowest BCUT2D eigenvalue weighted by atomic mass is 9.92. The number of alkyl halides is 3. The number of nitrogens with zero attached hydrogens (tertiary/aromatic N) is 1. The average Bonchev–Trinajstić information content (AvgIpc) is 2.68. The van der Waals surface area contributed by atoms with E-state index in [1.54, 1.807) is 0 Å². The van der Waals surface area contributed by atoms with E-state index in [2.05, 4.69) is 21.6 Å². The highest BCUT2D eigenvalue weighted by molar-refractivity contribution is 5.21. The minimum absolute atomic E-state index is 0.0419. The number of H-pyrrole nitrogens is 1. The predicted octanol–water partition coefficient (Wildman–Crippen LogP) is 2.97. The summed E-state index contributed by atoms with van der Waals surface area (Å²) in [6.45, 7) is 0.979. The predicted molar refractivity (Wildman–Crippen MR) is 60.5 cm³/mol. The second-order valence-electron chi connectivity index (χ2n) is 4.76. The first-order valence-corrected chi connectivity index (χ1v) is 6.18. The number of ether oxygens (including phenoxy) is 1. The van der Waals surface area contributed by atoms with Gasteiger partial charge in [-0.1, -0.05) is 6.92 Å². The second kappa shape index (κ2) is 5.30. The molecule has 1 unspecified atom stereocenters. The fourth-order valence-electron chi connectivity index (χ4n) is 2.27. The molecule has 3 nitrogen and oxygen atoms in total. The molecule has 0 fully saturated rings. The SMILES string of the molecule is CC1CCCc2[nH]c(CCOCC(F)(F)F)nc21. The minimum atomic E-state index is -4.25. The van der Waals surface area contributed by atoms with Gasteiger partial charge in [-0.05, 0) is 19.3 Å². The molecule has 0 radical (unpaired) electrons. The summed E-state index contributed by atoms with van der Waals surface area (Å²) in [5.74, 6) is 1.17. The van der Waals surface area contributed by atoms with Gasteiger partial charge in [-0.2, -0.15) is 13.2 Å². The van der Waals surface area contributed by atoms with Crippen LogP contribution in [-0.2, 0) is 17.6 Å². The fourth-order valence-corrected chi connectivity index (χ4v) is 2.27. The lowest BCUT2D eigenvalue weighted by Gasteiger charge is -2.15. The van der Waals surface area contributed by atoms with Crippen LogP contribution in [0.15, 0.2) is 0 Å². The molecule has 2 rings (SSSR count). The number of aryl methyl sites for hydroxylation is 1. The molecule has 0 saturated heterocycles. The topological polar surface area (TPSA) is 37.9 Å². The monoisotopic (exact) mass is 262 g/mol. The van der Waals surface area contributed by atoms with E-state index in [-0.39, 0.29) is 6.61 Å². The fraction of sp³-hybridized carbons (Fsp3) is 0.750. The Balaban J connectivity index is 1.84. The summed E-state index contributed by atoms with van der Waals surface area (Å²) in [7, 11) is 0. The zero-order valence-electron chi connectivity index (χ0n) is 10.3. The lowest BCUT2D eigenvalue weighted by molar-refractivity contribution is -0.173. The van der Waals surface area contributed by atoms with E-state index in [9.17, 15) is 13.2 Å². The van der Waals surface area contributed by atoms with Gasteiger partial charge < -0.3 is 9.72 Å². The highest BCUT2D eigenvalue weighted by Gasteiger charge is 2.27. The summed E-state index contributed by atoms with van der Waals surface area (Å²) >= 11 is 0. The van der Waals surface area contributed by atoms with Crippen molar-refractivity contribution in [3.63, 3.8) is 0 Å². The summed E-state index contributed by atoms with van der Waals surface area (Å²) < 4.78 is 40.2. The number of imidazole rings is 1. The molecule has 102 valence electrons. The summed E-state index contributed by atoms with van der Waals surface area (Å²) in [5.41, 5.74) is 2.21. The molecule has 0 aromatic carbocycles. The van der Waals surface area contributed by atoms with Gasteiger partial charge in [-0.15, -0.1) is 0 Å². The summed E-state index contributed by atoms with van der Waals surface area (Å²) in [4.78, 5) is 7.64. The molecule has 1 aromatic heterocycles. The van der Waals surface area contributed by atoms with Gasteiger partial charge in [-0.3, -0.25) is 0 Å². The number of rotatable bonds is 4. The quantitative estimate of drug-likeness (QED) is 0.847. The van der Waals surface area contributed by atoms with Crippen LogP contribution in [-0.4, -0.2) is 29.4 Å².